The van der Waals surface area contributed by atoms with Gasteiger partial charge < -0.3 is 15.0 Å². The zero-order valence-corrected chi connectivity index (χ0v) is 17.2. The molecular formula is C24H30N2O3. The van der Waals surface area contributed by atoms with Gasteiger partial charge in [0.2, 0.25) is 11.8 Å². The highest BCUT2D eigenvalue weighted by Gasteiger charge is 2.33. The fourth-order valence-electron chi connectivity index (χ4n) is 3.63. The summed E-state index contributed by atoms with van der Waals surface area (Å²) < 4.78 is 5.64. The predicted octanol–water partition coefficient (Wildman–Crippen LogP) is 3.71. The SMILES string of the molecule is CC(C)C(=O)N(Cc1ccccc1)[C@@H](C(=O)NC[C@H]1CCCO1)c1ccccc1. The van der Waals surface area contributed by atoms with Crippen molar-refractivity contribution in [1.82, 2.24) is 10.2 Å². The number of benzene rings is 2. The maximum atomic E-state index is 13.3. The normalized spacial score (nSPS) is 17.1. The van der Waals surface area contributed by atoms with Gasteiger partial charge >= 0.3 is 0 Å². The van der Waals surface area contributed by atoms with Gasteiger partial charge in [-0.05, 0) is 24.0 Å². The molecule has 29 heavy (non-hydrogen) atoms. The molecule has 0 radical (unpaired) electrons. The van der Waals surface area contributed by atoms with Crippen LogP contribution in [0.3, 0.4) is 0 Å². The van der Waals surface area contributed by atoms with Crippen LogP contribution in [0, 0.1) is 5.92 Å². The molecule has 0 aliphatic carbocycles. The number of rotatable bonds is 8. The van der Waals surface area contributed by atoms with E-state index in [0.717, 1.165) is 30.6 Å². The first-order valence-corrected chi connectivity index (χ1v) is 10.3. The molecule has 0 unspecified atom stereocenters. The topological polar surface area (TPSA) is 58.6 Å². The monoisotopic (exact) mass is 394 g/mol. The van der Waals surface area contributed by atoms with Crippen LogP contribution in [-0.4, -0.2) is 36.0 Å². The predicted molar refractivity (Wildman–Crippen MR) is 113 cm³/mol. The summed E-state index contributed by atoms with van der Waals surface area (Å²) in [6, 6.07) is 18.6. The highest BCUT2D eigenvalue weighted by Crippen LogP contribution is 2.26. The molecule has 1 saturated heterocycles. The van der Waals surface area contributed by atoms with Gasteiger partial charge in [-0.15, -0.1) is 0 Å². The summed E-state index contributed by atoms with van der Waals surface area (Å²) in [4.78, 5) is 28.1. The number of carbonyl (C=O) groups is 2. The Morgan fingerprint density at radius 1 is 1.07 bits per heavy atom. The van der Waals surface area contributed by atoms with Gasteiger partial charge in [-0.2, -0.15) is 0 Å². The fourth-order valence-corrected chi connectivity index (χ4v) is 3.63. The Labute approximate surface area is 173 Å². The fraction of sp³-hybridized carbons (Fsp3) is 0.417. The molecule has 3 rings (SSSR count). The van der Waals surface area contributed by atoms with Gasteiger partial charge in [0.1, 0.15) is 6.04 Å². The van der Waals surface area contributed by atoms with Gasteiger partial charge in [0.05, 0.1) is 6.10 Å². The van der Waals surface area contributed by atoms with Crippen molar-refractivity contribution in [2.45, 2.75) is 45.4 Å². The van der Waals surface area contributed by atoms with Crippen LogP contribution < -0.4 is 5.32 Å². The van der Waals surface area contributed by atoms with E-state index in [1.165, 1.54) is 0 Å². The minimum Gasteiger partial charge on any atom is -0.376 e. The molecule has 2 amide bonds. The number of nitrogens with one attached hydrogen (secondary N) is 1. The number of hydrogen-bond donors (Lipinski definition) is 1. The minimum atomic E-state index is -0.687. The molecule has 0 saturated carbocycles. The molecule has 2 aromatic carbocycles. The summed E-state index contributed by atoms with van der Waals surface area (Å²) in [5.41, 5.74) is 1.80. The molecule has 1 aliphatic rings. The highest BCUT2D eigenvalue weighted by atomic mass is 16.5. The van der Waals surface area contributed by atoms with Gasteiger partial charge in [-0.25, -0.2) is 0 Å². The Hall–Kier alpha value is -2.66. The minimum absolute atomic E-state index is 0.0463. The Bertz CT molecular complexity index is 786. The molecule has 1 N–H and O–H groups in total. The van der Waals surface area contributed by atoms with Gasteiger partial charge in [-0.3, -0.25) is 9.59 Å². The maximum absolute atomic E-state index is 13.3. The number of ether oxygens (including phenoxy) is 1. The van der Waals surface area contributed by atoms with Crippen molar-refractivity contribution < 1.29 is 14.3 Å². The second-order valence-corrected chi connectivity index (χ2v) is 7.80. The quantitative estimate of drug-likeness (QED) is 0.743. The molecule has 154 valence electrons. The van der Waals surface area contributed by atoms with Crippen molar-refractivity contribution in [1.29, 1.82) is 0 Å². The van der Waals surface area contributed by atoms with E-state index in [4.69, 9.17) is 4.74 Å². The molecule has 1 fully saturated rings. The van der Waals surface area contributed by atoms with E-state index in [2.05, 4.69) is 5.32 Å². The summed E-state index contributed by atoms with van der Waals surface area (Å²) >= 11 is 0. The summed E-state index contributed by atoms with van der Waals surface area (Å²) in [7, 11) is 0. The third kappa shape index (κ3) is 5.67. The third-order valence-electron chi connectivity index (χ3n) is 5.18. The van der Waals surface area contributed by atoms with Gasteiger partial charge in [0.15, 0.2) is 0 Å². The molecule has 2 atom stereocenters. The lowest BCUT2D eigenvalue weighted by Gasteiger charge is -2.33. The van der Waals surface area contributed by atoms with E-state index in [1.807, 2.05) is 74.5 Å². The molecule has 5 nitrogen and oxygen atoms in total. The van der Waals surface area contributed by atoms with Crippen LogP contribution in [0.15, 0.2) is 60.7 Å². The van der Waals surface area contributed by atoms with Crippen molar-refractivity contribution in [3.05, 3.63) is 71.8 Å². The first kappa shape index (κ1) is 21.1. The standard InChI is InChI=1S/C24H30N2O3/c1-18(2)24(28)26(17-19-10-5-3-6-11-19)22(20-12-7-4-8-13-20)23(27)25-16-21-14-9-15-29-21/h3-8,10-13,18,21-22H,9,14-17H2,1-2H3,(H,25,27)/t21-,22-/m1/s1. The Balaban J connectivity index is 1.88. The van der Waals surface area contributed by atoms with Crippen LogP contribution in [0.1, 0.15) is 43.9 Å². The number of hydrogen-bond acceptors (Lipinski definition) is 3. The van der Waals surface area contributed by atoms with E-state index < -0.39 is 6.04 Å². The van der Waals surface area contributed by atoms with E-state index in [1.54, 1.807) is 4.90 Å². The van der Waals surface area contributed by atoms with Crippen LogP contribution in [0.25, 0.3) is 0 Å². The maximum Gasteiger partial charge on any atom is 0.247 e. The molecule has 1 aliphatic heterocycles. The lowest BCUT2D eigenvalue weighted by molar-refractivity contribution is -0.144. The van der Waals surface area contributed by atoms with Gasteiger partial charge in [-0.1, -0.05) is 74.5 Å². The van der Waals surface area contributed by atoms with E-state index in [9.17, 15) is 9.59 Å². The van der Waals surface area contributed by atoms with Crippen LogP contribution in [-0.2, 0) is 20.9 Å². The average Bonchev–Trinajstić information content (AvgIpc) is 3.26. The second kappa shape index (κ2) is 10.2. The van der Waals surface area contributed by atoms with Crippen molar-refractivity contribution in [3.63, 3.8) is 0 Å². The van der Waals surface area contributed by atoms with Gasteiger partial charge in [0.25, 0.3) is 0 Å². The Morgan fingerprint density at radius 2 is 1.72 bits per heavy atom. The lowest BCUT2D eigenvalue weighted by Crippen LogP contribution is -2.46. The number of nitrogens with zero attached hydrogens (tertiary/aromatic N) is 1. The summed E-state index contributed by atoms with van der Waals surface area (Å²) in [5, 5.41) is 3.03. The first-order chi connectivity index (χ1) is 14.1. The molecule has 0 spiro atoms. The molecule has 1 heterocycles. The van der Waals surface area contributed by atoms with Crippen molar-refractivity contribution in [2.75, 3.05) is 13.2 Å². The molecule has 0 bridgehead atoms. The Morgan fingerprint density at radius 3 is 2.31 bits per heavy atom. The van der Waals surface area contributed by atoms with Crippen LogP contribution in [0.2, 0.25) is 0 Å². The highest BCUT2D eigenvalue weighted by molar-refractivity contribution is 5.89. The molecule has 5 heteroatoms. The van der Waals surface area contributed by atoms with Gasteiger partial charge in [0, 0.05) is 25.6 Å². The average molecular weight is 395 g/mol. The summed E-state index contributed by atoms with van der Waals surface area (Å²) in [6.07, 6.45) is 2.03. The summed E-state index contributed by atoms with van der Waals surface area (Å²) in [5.74, 6) is -0.428. The number of carbonyl (C=O) groups excluding carboxylic acids is 2. The summed E-state index contributed by atoms with van der Waals surface area (Å²) in [6.45, 7) is 5.33. The molecule has 2 aromatic rings. The van der Waals surface area contributed by atoms with Crippen molar-refractivity contribution >= 4 is 11.8 Å². The number of amides is 2. The molecular weight excluding hydrogens is 364 g/mol. The first-order valence-electron chi connectivity index (χ1n) is 10.3. The van der Waals surface area contributed by atoms with Crippen LogP contribution >= 0.6 is 0 Å². The van der Waals surface area contributed by atoms with Crippen LogP contribution in [0.5, 0.6) is 0 Å². The molecule has 0 aromatic heterocycles. The second-order valence-electron chi connectivity index (χ2n) is 7.80. The van der Waals surface area contributed by atoms with E-state index in [-0.39, 0.29) is 23.8 Å². The lowest BCUT2D eigenvalue weighted by atomic mass is 10.0. The van der Waals surface area contributed by atoms with Crippen molar-refractivity contribution in [3.8, 4) is 0 Å². The zero-order chi connectivity index (χ0) is 20.6. The van der Waals surface area contributed by atoms with E-state index >= 15 is 0 Å². The Kier molecular flexibility index (Phi) is 7.42. The van der Waals surface area contributed by atoms with Crippen molar-refractivity contribution in [2.24, 2.45) is 5.92 Å². The smallest absolute Gasteiger partial charge is 0.247 e. The van der Waals surface area contributed by atoms with Crippen LogP contribution in [0.4, 0.5) is 0 Å². The van der Waals surface area contributed by atoms with E-state index in [0.29, 0.717) is 13.1 Å². The zero-order valence-electron chi connectivity index (χ0n) is 17.2. The third-order valence-corrected chi connectivity index (χ3v) is 5.18. The largest absolute Gasteiger partial charge is 0.376 e.